The zero-order chi connectivity index (χ0) is 23.7. The highest BCUT2D eigenvalue weighted by Gasteiger charge is 2.74. The summed E-state index contributed by atoms with van der Waals surface area (Å²) in [6, 6.07) is 4.88. The van der Waals surface area contributed by atoms with Crippen LogP contribution in [0.3, 0.4) is 0 Å². The number of nitrogens with zero attached hydrogens (tertiary/aromatic N) is 2. The molecule has 1 aromatic heterocycles. The van der Waals surface area contributed by atoms with E-state index >= 15 is 0 Å². The van der Waals surface area contributed by atoms with E-state index in [1.165, 1.54) is 6.08 Å². The number of aliphatic hydroxyl groups is 1. The van der Waals surface area contributed by atoms with Gasteiger partial charge in [-0.15, -0.1) is 6.58 Å². The molecule has 2 aliphatic carbocycles. The van der Waals surface area contributed by atoms with Crippen LogP contribution in [0.2, 0.25) is 0 Å². The first-order valence-corrected chi connectivity index (χ1v) is 12.0. The summed E-state index contributed by atoms with van der Waals surface area (Å²) in [4.78, 5) is 17.3. The van der Waals surface area contributed by atoms with Crippen LogP contribution in [-0.4, -0.2) is 69.8 Å². The Kier molecular flexibility index (Phi) is 4.73. The Morgan fingerprint density at radius 1 is 1.35 bits per heavy atom. The lowest BCUT2D eigenvalue weighted by molar-refractivity contribution is -0.215. The molecule has 1 saturated carbocycles. The molecular weight excluding hydrogens is 432 g/mol. The second kappa shape index (κ2) is 7.48. The zero-order valence-corrected chi connectivity index (χ0v) is 19.3. The van der Waals surface area contributed by atoms with Crippen molar-refractivity contribution in [1.82, 2.24) is 9.80 Å². The van der Waals surface area contributed by atoms with Crippen LogP contribution in [-0.2, 0) is 16.6 Å². The van der Waals surface area contributed by atoms with Crippen molar-refractivity contribution in [1.29, 1.82) is 0 Å². The monoisotopic (exact) mass is 462 g/mol. The third kappa shape index (κ3) is 2.62. The first-order chi connectivity index (χ1) is 16.4. The van der Waals surface area contributed by atoms with Gasteiger partial charge in [-0.3, -0.25) is 9.69 Å². The minimum absolute atomic E-state index is 0.126. The molecule has 2 aliphatic heterocycles. The maximum Gasteiger partial charge on any atom is 0.246 e. The van der Waals surface area contributed by atoms with Crippen molar-refractivity contribution in [3.05, 3.63) is 66.1 Å². The second-order valence-electron chi connectivity index (χ2n) is 10.0. The summed E-state index contributed by atoms with van der Waals surface area (Å²) in [5.41, 5.74) is 0.995. The van der Waals surface area contributed by atoms with Gasteiger partial charge < -0.3 is 24.3 Å². The highest BCUT2D eigenvalue weighted by atomic mass is 16.5. The molecule has 1 amide bonds. The van der Waals surface area contributed by atoms with Gasteiger partial charge in [0.05, 0.1) is 24.0 Å². The van der Waals surface area contributed by atoms with Crippen LogP contribution >= 0.6 is 0 Å². The van der Waals surface area contributed by atoms with E-state index in [0.29, 0.717) is 38.0 Å². The lowest BCUT2D eigenvalue weighted by Crippen LogP contribution is -2.81. The fourth-order valence-electron chi connectivity index (χ4n) is 7.32. The minimum Gasteiger partial charge on any atom is -0.504 e. The number of carbonyl (C=O) groups excluding carboxylic acids is 1. The van der Waals surface area contributed by atoms with Crippen molar-refractivity contribution in [2.45, 2.75) is 54.9 Å². The van der Waals surface area contributed by atoms with Gasteiger partial charge in [0.25, 0.3) is 0 Å². The predicted octanol–water partition coefficient (Wildman–Crippen LogP) is 2.87. The predicted molar refractivity (Wildman–Crippen MR) is 127 cm³/mol. The summed E-state index contributed by atoms with van der Waals surface area (Å²) in [6.45, 7) is 5.41. The quantitative estimate of drug-likeness (QED) is 0.525. The molecule has 4 aliphatic rings. The number of rotatable bonds is 5. The van der Waals surface area contributed by atoms with E-state index in [-0.39, 0.29) is 23.8 Å². The van der Waals surface area contributed by atoms with E-state index in [9.17, 15) is 15.0 Å². The van der Waals surface area contributed by atoms with Crippen molar-refractivity contribution >= 4 is 12.0 Å². The standard InChI is InChI=1S/C27H30N2O5/c1-3-12-29-13-11-26-22-8-7-20(28(2)23(31)9-4-17-10-14-33-16-17)27(26,32)21(29)15-18-5-6-19(30)25(34-22)24(18)26/h3-6,9-10,14,16,20-22,30,32H,1,7-8,11-13,15H2,2H3/b9-4+/t20-,21+,22-,26+,27+/m0/s1. The molecule has 5 atom stereocenters. The Labute approximate surface area is 198 Å². The Hall–Kier alpha value is -3.03. The molecule has 1 saturated heterocycles. The molecule has 0 radical (unpaired) electrons. The second-order valence-corrected chi connectivity index (χ2v) is 10.0. The topological polar surface area (TPSA) is 86.4 Å². The number of furan rings is 1. The lowest BCUT2D eigenvalue weighted by atomic mass is 9.47. The third-order valence-corrected chi connectivity index (χ3v) is 8.70. The Balaban J connectivity index is 1.46. The number of phenolic OH excluding ortho intramolecular Hbond substituents is 1. The summed E-state index contributed by atoms with van der Waals surface area (Å²) in [5.74, 6) is 0.482. The fourth-order valence-corrected chi connectivity index (χ4v) is 7.32. The highest BCUT2D eigenvalue weighted by Crippen LogP contribution is 2.65. The Morgan fingerprint density at radius 2 is 2.21 bits per heavy atom. The van der Waals surface area contributed by atoms with E-state index in [4.69, 9.17) is 9.15 Å². The van der Waals surface area contributed by atoms with Crippen molar-refractivity contribution in [3.8, 4) is 11.5 Å². The number of likely N-dealkylation sites (tertiary alicyclic amines) is 1. The summed E-state index contributed by atoms with van der Waals surface area (Å²) >= 11 is 0. The number of likely N-dealkylation sites (N-methyl/N-ethyl adjacent to an activating group) is 1. The maximum atomic E-state index is 13.3. The zero-order valence-electron chi connectivity index (χ0n) is 19.3. The van der Waals surface area contributed by atoms with E-state index in [1.54, 1.807) is 42.7 Å². The molecule has 2 bridgehead atoms. The molecule has 0 unspecified atom stereocenters. The van der Waals surface area contributed by atoms with Crippen LogP contribution in [0, 0.1) is 0 Å². The Bertz CT molecular complexity index is 1170. The molecule has 7 nitrogen and oxygen atoms in total. The van der Waals surface area contributed by atoms with Crippen molar-refractivity contribution in [3.63, 3.8) is 0 Å². The van der Waals surface area contributed by atoms with Gasteiger partial charge in [0.1, 0.15) is 11.7 Å². The molecule has 7 heteroatoms. The molecule has 2 fully saturated rings. The van der Waals surface area contributed by atoms with Crippen LogP contribution in [0.1, 0.15) is 36.0 Å². The van der Waals surface area contributed by atoms with Gasteiger partial charge in [0.2, 0.25) is 5.91 Å². The van der Waals surface area contributed by atoms with Crippen molar-refractivity contribution in [2.24, 2.45) is 0 Å². The maximum absolute atomic E-state index is 13.3. The van der Waals surface area contributed by atoms with Gasteiger partial charge in [0.15, 0.2) is 11.5 Å². The largest absolute Gasteiger partial charge is 0.504 e. The fraction of sp³-hybridized carbons (Fsp3) is 0.444. The molecular formula is C27H30N2O5. The van der Waals surface area contributed by atoms with Crippen LogP contribution in [0.4, 0.5) is 0 Å². The van der Waals surface area contributed by atoms with E-state index in [2.05, 4.69) is 11.5 Å². The summed E-state index contributed by atoms with van der Waals surface area (Å²) in [7, 11) is 1.78. The number of ether oxygens (including phenoxy) is 1. The molecule has 2 aromatic rings. The number of benzene rings is 1. The SMILES string of the molecule is C=CCN1CC[C@]23c4c5ccc(O)c4O[C@H]2CC[C@H](N(C)C(=O)/C=C/c2ccoc2)[C@@]3(O)[C@H]1C5. The van der Waals surface area contributed by atoms with Gasteiger partial charge >= 0.3 is 0 Å². The molecule has 3 heterocycles. The minimum atomic E-state index is -1.23. The molecule has 1 spiro atoms. The average Bonchev–Trinajstić information content (AvgIpc) is 3.46. The number of piperidine rings is 1. The summed E-state index contributed by atoms with van der Waals surface area (Å²) in [5, 5.41) is 23.5. The molecule has 6 rings (SSSR count). The highest BCUT2D eigenvalue weighted by molar-refractivity contribution is 5.92. The number of aromatic hydroxyl groups is 1. The van der Waals surface area contributed by atoms with Crippen LogP contribution < -0.4 is 4.74 Å². The van der Waals surface area contributed by atoms with Gasteiger partial charge in [0, 0.05) is 36.8 Å². The Morgan fingerprint density at radius 3 is 2.97 bits per heavy atom. The number of carbonyl (C=O) groups is 1. The smallest absolute Gasteiger partial charge is 0.246 e. The van der Waals surface area contributed by atoms with E-state index in [1.807, 2.05) is 12.1 Å². The van der Waals surface area contributed by atoms with Crippen LogP contribution in [0.25, 0.3) is 6.08 Å². The van der Waals surface area contributed by atoms with Crippen LogP contribution in [0.5, 0.6) is 11.5 Å². The van der Waals surface area contributed by atoms with E-state index < -0.39 is 17.1 Å². The van der Waals surface area contributed by atoms with Gasteiger partial charge in [-0.1, -0.05) is 12.1 Å². The molecule has 178 valence electrons. The summed E-state index contributed by atoms with van der Waals surface area (Å²) < 4.78 is 11.5. The normalized spacial score (nSPS) is 33.4. The van der Waals surface area contributed by atoms with Crippen LogP contribution in [0.15, 0.2) is 53.9 Å². The number of hydrogen-bond acceptors (Lipinski definition) is 6. The first-order valence-electron chi connectivity index (χ1n) is 12.0. The van der Waals surface area contributed by atoms with E-state index in [0.717, 1.165) is 23.2 Å². The lowest BCUT2D eigenvalue weighted by Gasteiger charge is -2.66. The summed E-state index contributed by atoms with van der Waals surface area (Å²) in [6.07, 6.45) is 10.7. The molecule has 1 aromatic carbocycles. The van der Waals surface area contributed by atoms with Gasteiger partial charge in [-0.2, -0.15) is 0 Å². The molecule has 2 N–H and O–H groups in total. The first kappa shape index (κ1) is 21.5. The number of phenols is 1. The molecule has 34 heavy (non-hydrogen) atoms. The van der Waals surface area contributed by atoms with Gasteiger partial charge in [-0.05, 0) is 56.0 Å². The number of hydrogen-bond donors (Lipinski definition) is 2. The van der Waals surface area contributed by atoms with Crippen molar-refractivity contribution in [2.75, 3.05) is 20.1 Å². The number of amides is 1. The third-order valence-electron chi connectivity index (χ3n) is 8.70. The average molecular weight is 463 g/mol. The van der Waals surface area contributed by atoms with Gasteiger partial charge in [-0.25, -0.2) is 0 Å². The van der Waals surface area contributed by atoms with Crippen molar-refractivity contribution < 1.29 is 24.2 Å².